The van der Waals surface area contributed by atoms with E-state index in [0.29, 0.717) is 12.0 Å². The highest BCUT2D eigenvalue weighted by Crippen LogP contribution is 2.39. The molecule has 0 unspecified atom stereocenters. The molecule has 1 aliphatic rings. The lowest BCUT2D eigenvalue weighted by molar-refractivity contribution is -0.121. The van der Waals surface area contributed by atoms with Crippen LogP contribution in [0, 0.1) is 5.92 Å². The van der Waals surface area contributed by atoms with E-state index in [0.717, 1.165) is 0 Å². The second-order valence-corrected chi connectivity index (χ2v) is 8.13. The van der Waals surface area contributed by atoms with Crippen molar-refractivity contribution in [3.63, 3.8) is 0 Å². The largest absolute Gasteiger partial charge is 0.493 e. The Morgan fingerprint density at radius 1 is 1.33 bits per heavy atom. The van der Waals surface area contributed by atoms with Gasteiger partial charge in [0.2, 0.25) is 11.7 Å². The number of ether oxygens (including phenoxy) is 3. The van der Waals surface area contributed by atoms with Crippen LogP contribution in [0.1, 0.15) is 18.4 Å². The van der Waals surface area contributed by atoms with Gasteiger partial charge >= 0.3 is 6.61 Å². The number of sulfone groups is 1. The van der Waals surface area contributed by atoms with Crippen LogP contribution < -0.4 is 19.6 Å². The maximum Gasteiger partial charge on any atom is 0.387 e. The topological polar surface area (TPSA) is 103 Å². The summed E-state index contributed by atoms with van der Waals surface area (Å²) in [6, 6.07) is 2.78. The lowest BCUT2D eigenvalue weighted by Crippen LogP contribution is -2.21. The van der Waals surface area contributed by atoms with Gasteiger partial charge in [0, 0.05) is 12.0 Å². The fourth-order valence-corrected chi connectivity index (χ4v) is 4.56. The number of hydrazone groups is 1. The standard InChI is InChI=1S/C16H20F2N2O6S/c1-24-12-5-11(6-13(25-2)15(12)26-16(17)18)8-19-20-14(21)7-10-3-4-27(22,23)9-10/h5-6,8,10,16H,3-4,7,9H2,1-2H3,(H,20,21)/b19-8-/t10-/m1/s1. The minimum absolute atomic E-state index is 0.00410. The molecule has 0 bridgehead atoms. The van der Waals surface area contributed by atoms with E-state index in [1.165, 1.54) is 32.6 Å². The SMILES string of the molecule is COc1cc(/C=N\NC(=O)C[C@H]2CCS(=O)(=O)C2)cc(OC)c1OC(F)F. The van der Waals surface area contributed by atoms with Crippen LogP contribution in [0.15, 0.2) is 17.2 Å². The Kier molecular flexibility index (Phi) is 6.94. The van der Waals surface area contributed by atoms with Crippen LogP contribution in [0.5, 0.6) is 17.2 Å². The minimum atomic E-state index is -3.05. The van der Waals surface area contributed by atoms with Crippen molar-refractivity contribution in [1.29, 1.82) is 0 Å². The summed E-state index contributed by atoms with van der Waals surface area (Å²) in [6.07, 6.45) is 1.80. The van der Waals surface area contributed by atoms with Gasteiger partial charge in [0.05, 0.1) is 31.9 Å². The van der Waals surface area contributed by atoms with Gasteiger partial charge in [-0.25, -0.2) is 13.8 Å². The summed E-state index contributed by atoms with van der Waals surface area (Å²) < 4.78 is 62.3. The normalized spacial score (nSPS) is 18.6. The number of hydrogen-bond acceptors (Lipinski definition) is 7. The number of rotatable bonds is 8. The van der Waals surface area contributed by atoms with Crippen LogP contribution in [0.25, 0.3) is 0 Å². The van der Waals surface area contributed by atoms with Gasteiger partial charge in [-0.05, 0) is 24.5 Å². The molecule has 1 N–H and O–H groups in total. The van der Waals surface area contributed by atoms with Gasteiger partial charge in [-0.3, -0.25) is 4.79 Å². The van der Waals surface area contributed by atoms with Crippen LogP contribution in [-0.2, 0) is 14.6 Å². The average molecular weight is 406 g/mol. The monoisotopic (exact) mass is 406 g/mol. The van der Waals surface area contributed by atoms with Gasteiger partial charge in [-0.15, -0.1) is 0 Å². The van der Waals surface area contributed by atoms with Crippen molar-refractivity contribution in [2.75, 3.05) is 25.7 Å². The molecule has 0 radical (unpaired) electrons. The highest BCUT2D eigenvalue weighted by Gasteiger charge is 2.29. The molecular formula is C16H20F2N2O6S. The Bertz CT molecular complexity index is 788. The van der Waals surface area contributed by atoms with E-state index in [4.69, 9.17) is 9.47 Å². The number of carbonyl (C=O) groups is 1. The number of halogens is 2. The summed E-state index contributed by atoms with van der Waals surface area (Å²) in [5.41, 5.74) is 2.72. The molecule has 2 rings (SSSR count). The highest BCUT2D eigenvalue weighted by molar-refractivity contribution is 7.91. The molecule has 1 heterocycles. The predicted molar refractivity (Wildman–Crippen MR) is 93.3 cm³/mol. The number of amides is 1. The first kappa shape index (κ1) is 20.9. The van der Waals surface area contributed by atoms with Gasteiger partial charge in [-0.2, -0.15) is 13.9 Å². The lowest BCUT2D eigenvalue weighted by Gasteiger charge is -2.14. The van der Waals surface area contributed by atoms with E-state index >= 15 is 0 Å². The Labute approximate surface area is 155 Å². The van der Waals surface area contributed by atoms with Crippen molar-refractivity contribution < 1.29 is 36.2 Å². The summed E-state index contributed by atoms with van der Waals surface area (Å²) in [4.78, 5) is 11.8. The van der Waals surface area contributed by atoms with Gasteiger partial charge < -0.3 is 14.2 Å². The number of benzene rings is 1. The van der Waals surface area contributed by atoms with Crippen LogP contribution in [-0.4, -0.2) is 52.9 Å². The molecule has 0 aliphatic carbocycles. The molecule has 0 saturated carbocycles. The fraction of sp³-hybridized carbons (Fsp3) is 0.500. The maximum atomic E-state index is 12.5. The van der Waals surface area contributed by atoms with Crippen LogP contribution in [0.4, 0.5) is 8.78 Å². The quantitative estimate of drug-likeness (QED) is 0.519. The van der Waals surface area contributed by atoms with E-state index in [9.17, 15) is 22.0 Å². The van der Waals surface area contributed by atoms with Gasteiger partial charge in [-0.1, -0.05) is 0 Å². The first-order valence-corrected chi connectivity index (χ1v) is 9.79. The maximum absolute atomic E-state index is 12.5. The number of hydrogen-bond donors (Lipinski definition) is 1. The molecule has 11 heteroatoms. The van der Waals surface area contributed by atoms with Crippen molar-refractivity contribution in [3.05, 3.63) is 17.7 Å². The number of carbonyl (C=O) groups excluding carboxylic acids is 1. The Morgan fingerprint density at radius 2 is 1.96 bits per heavy atom. The smallest absolute Gasteiger partial charge is 0.387 e. The summed E-state index contributed by atoms with van der Waals surface area (Å²) in [5, 5.41) is 3.79. The summed E-state index contributed by atoms with van der Waals surface area (Å²) in [7, 11) is -0.478. The Morgan fingerprint density at radius 3 is 2.44 bits per heavy atom. The molecule has 1 aliphatic heterocycles. The van der Waals surface area contributed by atoms with E-state index in [1.54, 1.807) is 0 Å². The molecule has 27 heavy (non-hydrogen) atoms. The van der Waals surface area contributed by atoms with E-state index in [1.807, 2.05) is 0 Å². The molecule has 1 amide bonds. The van der Waals surface area contributed by atoms with Gasteiger partial charge in [0.15, 0.2) is 21.3 Å². The molecule has 150 valence electrons. The zero-order valence-corrected chi connectivity index (χ0v) is 15.6. The predicted octanol–water partition coefficient (Wildman–Crippen LogP) is 1.58. The van der Waals surface area contributed by atoms with Crippen LogP contribution in [0.2, 0.25) is 0 Å². The number of methoxy groups -OCH3 is 2. The average Bonchev–Trinajstić information content (AvgIpc) is 2.93. The first-order valence-electron chi connectivity index (χ1n) is 7.97. The zero-order chi connectivity index (χ0) is 20.0. The summed E-state index contributed by atoms with van der Waals surface area (Å²) in [5.74, 6) is -0.748. The molecule has 0 spiro atoms. The fourth-order valence-electron chi connectivity index (χ4n) is 2.70. The second kappa shape index (κ2) is 8.98. The number of nitrogens with zero attached hydrogens (tertiary/aromatic N) is 1. The van der Waals surface area contributed by atoms with Crippen molar-refractivity contribution in [1.82, 2.24) is 5.43 Å². The second-order valence-electron chi connectivity index (χ2n) is 5.90. The van der Waals surface area contributed by atoms with Gasteiger partial charge in [0.1, 0.15) is 0 Å². The molecule has 1 saturated heterocycles. The van der Waals surface area contributed by atoms with E-state index in [2.05, 4.69) is 15.3 Å². The number of alkyl halides is 2. The van der Waals surface area contributed by atoms with E-state index < -0.39 is 22.4 Å². The van der Waals surface area contributed by atoms with Crippen molar-refractivity contribution in [3.8, 4) is 17.2 Å². The third kappa shape index (κ3) is 6.05. The van der Waals surface area contributed by atoms with E-state index in [-0.39, 0.29) is 41.1 Å². The third-order valence-corrected chi connectivity index (χ3v) is 5.73. The molecule has 1 aromatic carbocycles. The van der Waals surface area contributed by atoms with Crippen molar-refractivity contribution in [2.45, 2.75) is 19.5 Å². The summed E-state index contributed by atoms with van der Waals surface area (Å²) >= 11 is 0. The van der Waals surface area contributed by atoms with Crippen molar-refractivity contribution in [2.24, 2.45) is 11.0 Å². The molecule has 1 atom stereocenters. The van der Waals surface area contributed by atoms with Crippen LogP contribution in [0.3, 0.4) is 0 Å². The highest BCUT2D eigenvalue weighted by atomic mass is 32.2. The lowest BCUT2D eigenvalue weighted by atomic mass is 10.1. The number of nitrogens with one attached hydrogen (secondary N) is 1. The summed E-state index contributed by atoms with van der Waals surface area (Å²) in [6.45, 7) is -3.05. The molecule has 1 aromatic rings. The molecule has 8 nitrogen and oxygen atoms in total. The third-order valence-electron chi connectivity index (χ3n) is 3.89. The first-order chi connectivity index (χ1) is 12.7. The zero-order valence-electron chi connectivity index (χ0n) is 14.8. The van der Waals surface area contributed by atoms with Crippen molar-refractivity contribution >= 4 is 22.0 Å². The minimum Gasteiger partial charge on any atom is -0.493 e. The Hall–Kier alpha value is -2.43. The molecule has 1 fully saturated rings. The molecule has 0 aromatic heterocycles. The van der Waals surface area contributed by atoms with Gasteiger partial charge in [0.25, 0.3) is 0 Å². The molecular weight excluding hydrogens is 386 g/mol. The Balaban J connectivity index is 2.02. The van der Waals surface area contributed by atoms with Crippen LogP contribution >= 0.6 is 0 Å².